The molecule has 0 fully saturated rings. The van der Waals surface area contributed by atoms with Crippen LogP contribution in [0.15, 0.2) is 18.2 Å². The van der Waals surface area contributed by atoms with E-state index in [4.69, 9.17) is 16.3 Å². The van der Waals surface area contributed by atoms with Crippen LogP contribution in [0.4, 0.5) is 0 Å². The van der Waals surface area contributed by atoms with Crippen LogP contribution in [0.3, 0.4) is 0 Å². The Morgan fingerprint density at radius 3 is 2.45 bits per heavy atom. The Labute approximate surface area is 135 Å². The normalized spacial score (nSPS) is 11.2. The summed E-state index contributed by atoms with van der Waals surface area (Å²) in [7, 11) is 1.75. The van der Waals surface area contributed by atoms with Crippen LogP contribution in [-0.4, -0.2) is 15.7 Å². The van der Waals surface area contributed by atoms with Crippen LogP contribution in [0, 0.1) is 27.7 Å². The van der Waals surface area contributed by atoms with Crippen molar-refractivity contribution < 1.29 is 9.53 Å². The Balaban J connectivity index is 2.21. The fraction of sp³-hybridized carbons (Fsp3) is 0.294. The van der Waals surface area contributed by atoms with E-state index < -0.39 is 5.97 Å². The van der Waals surface area contributed by atoms with E-state index >= 15 is 0 Å². The molecule has 2 rings (SSSR count). The van der Waals surface area contributed by atoms with Crippen molar-refractivity contribution in [2.24, 2.45) is 7.05 Å². The number of aromatic nitrogens is 2. The first-order valence-corrected chi connectivity index (χ1v) is 7.35. The van der Waals surface area contributed by atoms with Gasteiger partial charge in [0, 0.05) is 18.7 Å². The molecule has 1 heterocycles. The number of halogens is 1. The smallest absolute Gasteiger partial charge is 0.336 e. The average Bonchev–Trinajstić information content (AvgIpc) is 2.70. The summed E-state index contributed by atoms with van der Waals surface area (Å²) in [6, 6.07) is 3.95. The van der Waals surface area contributed by atoms with Crippen molar-refractivity contribution >= 4 is 23.6 Å². The zero-order chi connectivity index (χ0) is 16.4. The molecule has 22 heavy (non-hydrogen) atoms. The van der Waals surface area contributed by atoms with Gasteiger partial charge in [0.2, 0.25) is 0 Å². The Kier molecular flexibility index (Phi) is 4.71. The lowest BCUT2D eigenvalue weighted by molar-refractivity contribution is -0.129. The van der Waals surface area contributed by atoms with Crippen LogP contribution in [0.2, 0.25) is 5.15 Å². The molecule has 1 aromatic heterocycles. The molecule has 0 aliphatic carbocycles. The summed E-state index contributed by atoms with van der Waals surface area (Å²) >= 11 is 6.13. The number of carbonyl (C=O) groups excluding carboxylic acids is 1. The number of esters is 1. The topological polar surface area (TPSA) is 44.1 Å². The number of carbonyl (C=O) groups is 1. The van der Waals surface area contributed by atoms with Gasteiger partial charge in [0.1, 0.15) is 10.9 Å². The third-order valence-corrected chi connectivity index (χ3v) is 4.11. The van der Waals surface area contributed by atoms with Crippen molar-refractivity contribution in [2.75, 3.05) is 0 Å². The number of aryl methyl sites for hydroxylation is 4. The molecule has 4 nitrogen and oxygen atoms in total. The molecule has 0 atom stereocenters. The van der Waals surface area contributed by atoms with Gasteiger partial charge in [0.15, 0.2) is 0 Å². The standard InChI is InChI=1S/C17H19ClN2O2/c1-10-6-7-11(2)16(12(10)3)22-15(21)9-8-14-13(4)19-20(5)17(14)18/h6-9H,1-5H3/b9-8+. The van der Waals surface area contributed by atoms with Gasteiger partial charge >= 0.3 is 5.97 Å². The van der Waals surface area contributed by atoms with Gasteiger partial charge < -0.3 is 4.74 Å². The number of benzene rings is 1. The lowest BCUT2D eigenvalue weighted by atomic mass is 10.1. The van der Waals surface area contributed by atoms with Crippen LogP contribution in [0.1, 0.15) is 27.9 Å². The lowest BCUT2D eigenvalue weighted by Gasteiger charge is -2.11. The van der Waals surface area contributed by atoms with Crippen LogP contribution >= 0.6 is 11.6 Å². The average molecular weight is 319 g/mol. The maximum Gasteiger partial charge on any atom is 0.336 e. The summed E-state index contributed by atoms with van der Waals surface area (Å²) in [6.45, 7) is 7.68. The molecular weight excluding hydrogens is 300 g/mol. The van der Waals surface area contributed by atoms with E-state index in [1.165, 1.54) is 6.08 Å². The Morgan fingerprint density at radius 2 is 1.86 bits per heavy atom. The van der Waals surface area contributed by atoms with Crippen molar-refractivity contribution in [2.45, 2.75) is 27.7 Å². The molecule has 0 saturated heterocycles. The summed E-state index contributed by atoms with van der Waals surface area (Å²) < 4.78 is 7.04. The van der Waals surface area contributed by atoms with E-state index in [9.17, 15) is 4.79 Å². The molecule has 0 radical (unpaired) electrons. The zero-order valence-electron chi connectivity index (χ0n) is 13.4. The summed E-state index contributed by atoms with van der Waals surface area (Å²) in [4.78, 5) is 12.1. The molecule has 0 unspecified atom stereocenters. The molecule has 0 bridgehead atoms. The highest BCUT2D eigenvalue weighted by Crippen LogP contribution is 2.26. The second kappa shape index (κ2) is 6.36. The first kappa shape index (κ1) is 16.3. The highest BCUT2D eigenvalue weighted by molar-refractivity contribution is 6.31. The van der Waals surface area contributed by atoms with Crippen LogP contribution in [0.25, 0.3) is 6.08 Å². The van der Waals surface area contributed by atoms with E-state index in [0.717, 1.165) is 27.9 Å². The van der Waals surface area contributed by atoms with Crippen molar-refractivity contribution in [3.8, 4) is 5.75 Å². The molecule has 0 N–H and O–H groups in total. The number of nitrogens with zero attached hydrogens (tertiary/aromatic N) is 2. The second-order valence-corrected chi connectivity index (χ2v) is 5.68. The number of rotatable bonds is 3. The monoisotopic (exact) mass is 318 g/mol. The first-order valence-electron chi connectivity index (χ1n) is 6.97. The molecule has 0 spiro atoms. The Hall–Kier alpha value is -2.07. The van der Waals surface area contributed by atoms with Gasteiger partial charge in [-0.1, -0.05) is 23.7 Å². The summed E-state index contributed by atoms with van der Waals surface area (Å²) in [5.41, 5.74) is 4.47. The third-order valence-electron chi connectivity index (χ3n) is 3.66. The van der Waals surface area contributed by atoms with Crippen molar-refractivity contribution in [3.63, 3.8) is 0 Å². The largest absolute Gasteiger partial charge is 0.423 e. The molecule has 1 aromatic carbocycles. The van der Waals surface area contributed by atoms with Gasteiger partial charge in [-0.2, -0.15) is 5.10 Å². The second-order valence-electron chi connectivity index (χ2n) is 5.32. The lowest BCUT2D eigenvalue weighted by Crippen LogP contribution is -2.07. The predicted molar refractivity (Wildman–Crippen MR) is 88.3 cm³/mol. The third kappa shape index (κ3) is 3.22. The fourth-order valence-electron chi connectivity index (χ4n) is 2.20. The van der Waals surface area contributed by atoms with Crippen LogP contribution in [0.5, 0.6) is 5.75 Å². The Bertz CT molecular complexity index is 761. The number of ether oxygens (including phenoxy) is 1. The highest BCUT2D eigenvalue weighted by Gasteiger charge is 2.11. The van der Waals surface area contributed by atoms with Crippen molar-refractivity contribution in [3.05, 3.63) is 51.3 Å². The maximum absolute atomic E-state index is 12.1. The van der Waals surface area contributed by atoms with Gasteiger partial charge in [0.25, 0.3) is 0 Å². The van der Waals surface area contributed by atoms with Gasteiger partial charge in [-0.15, -0.1) is 0 Å². The van der Waals surface area contributed by atoms with Crippen molar-refractivity contribution in [1.82, 2.24) is 9.78 Å². The molecule has 0 saturated carbocycles. The SMILES string of the molecule is Cc1ccc(C)c(OC(=O)/C=C/c2c(C)nn(C)c2Cl)c1C. The van der Waals surface area contributed by atoms with E-state index in [1.54, 1.807) is 17.8 Å². The van der Waals surface area contributed by atoms with Gasteiger partial charge in [0.05, 0.1) is 5.69 Å². The zero-order valence-corrected chi connectivity index (χ0v) is 14.2. The quantitative estimate of drug-likeness (QED) is 0.489. The number of hydrogen-bond acceptors (Lipinski definition) is 3. The van der Waals surface area contributed by atoms with Crippen LogP contribution < -0.4 is 4.74 Å². The fourth-order valence-corrected chi connectivity index (χ4v) is 2.44. The summed E-state index contributed by atoms with van der Waals surface area (Å²) in [5.74, 6) is 0.180. The minimum absolute atomic E-state index is 0.434. The molecular formula is C17H19ClN2O2. The van der Waals surface area contributed by atoms with E-state index in [2.05, 4.69) is 5.10 Å². The van der Waals surface area contributed by atoms with Crippen LogP contribution in [-0.2, 0) is 11.8 Å². The molecule has 0 amide bonds. The molecule has 5 heteroatoms. The summed E-state index contributed by atoms with van der Waals surface area (Å²) in [6.07, 6.45) is 3.00. The van der Waals surface area contributed by atoms with Gasteiger partial charge in [-0.3, -0.25) is 4.68 Å². The van der Waals surface area contributed by atoms with Gasteiger partial charge in [-0.25, -0.2) is 4.79 Å². The van der Waals surface area contributed by atoms with E-state index in [0.29, 0.717) is 10.9 Å². The first-order chi connectivity index (χ1) is 10.3. The predicted octanol–water partition coefficient (Wildman–Crippen LogP) is 3.93. The minimum Gasteiger partial charge on any atom is -0.423 e. The van der Waals surface area contributed by atoms with Gasteiger partial charge in [-0.05, 0) is 50.5 Å². The van der Waals surface area contributed by atoms with E-state index in [-0.39, 0.29) is 0 Å². The molecule has 0 aliphatic rings. The highest BCUT2D eigenvalue weighted by atomic mass is 35.5. The maximum atomic E-state index is 12.1. The molecule has 116 valence electrons. The van der Waals surface area contributed by atoms with Crippen molar-refractivity contribution in [1.29, 1.82) is 0 Å². The number of hydrogen-bond donors (Lipinski definition) is 0. The summed E-state index contributed by atoms with van der Waals surface area (Å²) in [5, 5.41) is 4.68. The molecule has 0 aliphatic heterocycles. The van der Waals surface area contributed by atoms with E-state index in [1.807, 2.05) is 39.8 Å². The molecule has 2 aromatic rings. The minimum atomic E-state index is -0.434. The Morgan fingerprint density at radius 1 is 1.23 bits per heavy atom.